The summed E-state index contributed by atoms with van der Waals surface area (Å²) < 4.78 is 0. The van der Waals surface area contributed by atoms with Crippen molar-refractivity contribution in [2.75, 3.05) is 5.32 Å². The molecule has 0 saturated carbocycles. The molecule has 0 bridgehead atoms. The van der Waals surface area contributed by atoms with Gasteiger partial charge in [0.2, 0.25) is 0 Å². The molecule has 2 aromatic carbocycles. The number of aryl methyl sites for hydroxylation is 2. The van der Waals surface area contributed by atoms with Crippen LogP contribution in [0.4, 0.5) is 5.13 Å². The Kier molecular flexibility index (Phi) is 6.47. The second-order valence-corrected chi connectivity index (χ2v) is 9.72. The molecule has 0 saturated heterocycles. The third-order valence-electron chi connectivity index (χ3n) is 5.65. The number of pyridine rings is 1. The molecule has 5 rings (SSSR count). The lowest BCUT2D eigenvalue weighted by atomic mass is 9.96. The predicted molar refractivity (Wildman–Crippen MR) is 142 cm³/mol. The summed E-state index contributed by atoms with van der Waals surface area (Å²) in [6.07, 6.45) is 3.93. The first-order valence-corrected chi connectivity index (χ1v) is 12.5. The van der Waals surface area contributed by atoms with Crippen LogP contribution in [0.1, 0.15) is 28.4 Å². The highest BCUT2D eigenvalue weighted by Gasteiger charge is 2.18. The number of benzene rings is 2. The quantitative estimate of drug-likeness (QED) is 0.264. The van der Waals surface area contributed by atoms with E-state index in [1.807, 2.05) is 49.4 Å². The smallest absolute Gasteiger partial charge is 0.259 e. The topological polar surface area (TPSA) is 80.7 Å². The first kappa shape index (κ1) is 23.4. The van der Waals surface area contributed by atoms with Crippen LogP contribution in [0, 0.1) is 6.92 Å². The van der Waals surface area contributed by atoms with Gasteiger partial charge in [0.15, 0.2) is 5.13 Å². The zero-order chi connectivity index (χ0) is 24.5. The van der Waals surface area contributed by atoms with Crippen LogP contribution < -0.4 is 5.32 Å². The molecule has 0 spiro atoms. The standard InChI is InChI=1S/C26H19Cl2N5OS/c1-3-15-6-4-5-7-17(15)18-12-29-30-13-19(18)24(34)33-26-32-22-9-8-21(31-25(22)35-26)23-14(2)10-16(27)11-20(23)28/h4-13H,3H2,1-2H3,(H,32,33,34). The third-order valence-corrected chi connectivity index (χ3v) is 7.04. The van der Waals surface area contributed by atoms with E-state index in [-0.39, 0.29) is 5.91 Å². The fourth-order valence-electron chi connectivity index (χ4n) is 4.01. The average molecular weight is 520 g/mol. The van der Waals surface area contributed by atoms with Crippen LogP contribution >= 0.6 is 34.5 Å². The van der Waals surface area contributed by atoms with Gasteiger partial charge in [0.25, 0.3) is 5.91 Å². The largest absolute Gasteiger partial charge is 0.298 e. The monoisotopic (exact) mass is 519 g/mol. The summed E-state index contributed by atoms with van der Waals surface area (Å²) in [5, 5.41) is 12.4. The SMILES string of the molecule is CCc1ccccc1-c1cnncc1C(=O)Nc1nc2ccc(-c3c(C)cc(Cl)cc3Cl)nc2s1. The van der Waals surface area contributed by atoms with Gasteiger partial charge >= 0.3 is 0 Å². The van der Waals surface area contributed by atoms with E-state index in [1.165, 1.54) is 17.5 Å². The first-order chi connectivity index (χ1) is 16.9. The Labute approximate surface area is 216 Å². The summed E-state index contributed by atoms with van der Waals surface area (Å²) in [6, 6.07) is 15.2. The second-order valence-electron chi connectivity index (χ2n) is 7.90. The molecule has 0 aliphatic carbocycles. The summed E-state index contributed by atoms with van der Waals surface area (Å²) in [6.45, 7) is 4.02. The normalized spacial score (nSPS) is 11.1. The second kappa shape index (κ2) is 9.70. The molecule has 0 aliphatic heterocycles. The summed E-state index contributed by atoms with van der Waals surface area (Å²) in [4.78, 5) is 23.2. The lowest BCUT2D eigenvalue weighted by Crippen LogP contribution is -2.14. The van der Waals surface area contributed by atoms with Gasteiger partial charge in [-0.15, -0.1) is 0 Å². The van der Waals surface area contributed by atoms with Crippen molar-refractivity contribution in [3.8, 4) is 22.4 Å². The van der Waals surface area contributed by atoms with Gasteiger partial charge in [-0.2, -0.15) is 10.2 Å². The first-order valence-electron chi connectivity index (χ1n) is 10.9. The van der Waals surface area contributed by atoms with Crippen LogP contribution in [0.25, 0.3) is 32.7 Å². The highest BCUT2D eigenvalue weighted by molar-refractivity contribution is 7.22. The highest BCUT2D eigenvalue weighted by Crippen LogP contribution is 2.35. The van der Waals surface area contributed by atoms with Gasteiger partial charge in [-0.25, -0.2) is 9.97 Å². The van der Waals surface area contributed by atoms with E-state index >= 15 is 0 Å². The van der Waals surface area contributed by atoms with Crippen LogP contribution in [-0.4, -0.2) is 26.1 Å². The molecule has 0 fully saturated rings. The van der Waals surface area contributed by atoms with Crippen LogP contribution in [0.2, 0.25) is 10.0 Å². The number of carbonyl (C=O) groups excluding carboxylic acids is 1. The van der Waals surface area contributed by atoms with Crippen LogP contribution in [0.15, 0.2) is 60.9 Å². The maximum Gasteiger partial charge on any atom is 0.259 e. The molecular formula is C26H19Cl2N5OS. The molecule has 9 heteroatoms. The van der Waals surface area contributed by atoms with Crippen LogP contribution in [0.5, 0.6) is 0 Å². The molecule has 3 heterocycles. The Morgan fingerprint density at radius 1 is 1.00 bits per heavy atom. The number of amides is 1. The number of thiazole rings is 1. The Morgan fingerprint density at radius 2 is 1.80 bits per heavy atom. The summed E-state index contributed by atoms with van der Waals surface area (Å²) in [5.74, 6) is -0.309. The van der Waals surface area contributed by atoms with Gasteiger partial charge < -0.3 is 0 Å². The highest BCUT2D eigenvalue weighted by atomic mass is 35.5. The Hall–Kier alpha value is -3.39. The molecule has 0 atom stereocenters. The maximum absolute atomic E-state index is 13.2. The van der Waals surface area contributed by atoms with Gasteiger partial charge in [-0.05, 0) is 54.3 Å². The van der Waals surface area contributed by atoms with Gasteiger partial charge in [-0.1, -0.05) is 65.7 Å². The summed E-state index contributed by atoms with van der Waals surface area (Å²) in [5.41, 5.74) is 6.39. The van der Waals surface area contributed by atoms with Gasteiger partial charge in [0, 0.05) is 16.1 Å². The minimum Gasteiger partial charge on any atom is -0.298 e. The molecule has 5 aromatic rings. The third kappa shape index (κ3) is 4.62. The lowest BCUT2D eigenvalue weighted by Gasteiger charge is -2.11. The van der Waals surface area contributed by atoms with Crippen molar-refractivity contribution in [3.63, 3.8) is 0 Å². The van der Waals surface area contributed by atoms with Crippen molar-refractivity contribution in [2.24, 2.45) is 0 Å². The van der Waals surface area contributed by atoms with E-state index in [2.05, 4.69) is 27.4 Å². The van der Waals surface area contributed by atoms with E-state index in [1.54, 1.807) is 12.3 Å². The number of nitrogens with zero attached hydrogens (tertiary/aromatic N) is 4. The molecule has 1 N–H and O–H groups in total. The summed E-state index contributed by atoms with van der Waals surface area (Å²) >= 11 is 13.9. The molecule has 1 amide bonds. The molecule has 0 radical (unpaired) electrons. The molecular weight excluding hydrogens is 501 g/mol. The van der Waals surface area contributed by atoms with Gasteiger partial charge in [-0.3, -0.25) is 10.1 Å². The van der Waals surface area contributed by atoms with E-state index < -0.39 is 0 Å². The molecule has 0 unspecified atom stereocenters. The molecule has 3 aromatic heterocycles. The number of fused-ring (bicyclic) bond motifs is 1. The van der Waals surface area contributed by atoms with Crippen molar-refractivity contribution >= 4 is 55.9 Å². The van der Waals surface area contributed by atoms with E-state index in [4.69, 9.17) is 28.2 Å². The Balaban J connectivity index is 1.47. The number of halogens is 2. The van der Waals surface area contributed by atoms with Gasteiger partial charge in [0.05, 0.1) is 28.7 Å². The molecule has 35 heavy (non-hydrogen) atoms. The van der Waals surface area contributed by atoms with Crippen LogP contribution in [0.3, 0.4) is 0 Å². The fourth-order valence-corrected chi connectivity index (χ4v) is 5.53. The lowest BCUT2D eigenvalue weighted by molar-refractivity contribution is 0.102. The Bertz CT molecular complexity index is 1560. The van der Waals surface area contributed by atoms with Crippen LogP contribution in [-0.2, 0) is 6.42 Å². The molecule has 0 aliphatic rings. The van der Waals surface area contributed by atoms with E-state index in [9.17, 15) is 4.79 Å². The minimum atomic E-state index is -0.309. The van der Waals surface area contributed by atoms with Crippen molar-refractivity contribution in [3.05, 3.63) is 87.7 Å². The average Bonchev–Trinajstić information content (AvgIpc) is 3.25. The number of nitrogens with one attached hydrogen (secondary N) is 1. The molecule has 174 valence electrons. The van der Waals surface area contributed by atoms with Crippen molar-refractivity contribution in [1.82, 2.24) is 20.2 Å². The summed E-state index contributed by atoms with van der Waals surface area (Å²) in [7, 11) is 0. The number of rotatable bonds is 5. The number of carbonyl (C=O) groups is 1. The van der Waals surface area contributed by atoms with E-state index in [0.717, 1.165) is 39.9 Å². The Morgan fingerprint density at radius 3 is 2.60 bits per heavy atom. The fraction of sp³-hybridized carbons (Fsp3) is 0.115. The van der Waals surface area contributed by atoms with Crippen molar-refractivity contribution in [2.45, 2.75) is 20.3 Å². The number of hydrogen-bond acceptors (Lipinski definition) is 6. The predicted octanol–water partition coefficient (Wildman–Crippen LogP) is 7.25. The molecule has 6 nitrogen and oxygen atoms in total. The van der Waals surface area contributed by atoms with Crippen molar-refractivity contribution < 1.29 is 4.79 Å². The van der Waals surface area contributed by atoms with Crippen molar-refractivity contribution in [1.29, 1.82) is 0 Å². The van der Waals surface area contributed by atoms with E-state index in [0.29, 0.717) is 31.1 Å². The number of anilines is 1. The van der Waals surface area contributed by atoms with Gasteiger partial charge in [0.1, 0.15) is 10.3 Å². The number of hydrogen-bond donors (Lipinski definition) is 1. The maximum atomic E-state index is 13.2. The number of aromatic nitrogens is 4. The zero-order valence-electron chi connectivity index (χ0n) is 18.8. The minimum absolute atomic E-state index is 0.309. The zero-order valence-corrected chi connectivity index (χ0v) is 21.2.